The summed E-state index contributed by atoms with van der Waals surface area (Å²) in [4.78, 5) is 22.0. The SMILES string of the molecule is CNC(=O)/C(=C(/N=CN)OC1C=C(F)c2[nH]c(C)cc2C1F)C(C)Nc1ccc(N2CCOCC2)cc1. The summed E-state index contributed by atoms with van der Waals surface area (Å²) in [6.07, 6.45) is -1.05. The average molecular weight is 515 g/mol. The molecule has 0 saturated carbocycles. The van der Waals surface area contributed by atoms with Crippen molar-refractivity contribution in [2.24, 2.45) is 10.7 Å². The van der Waals surface area contributed by atoms with Crippen molar-refractivity contribution in [2.45, 2.75) is 32.2 Å². The number of morpholine rings is 1. The van der Waals surface area contributed by atoms with Crippen LogP contribution in [0.3, 0.4) is 0 Å². The van der Waals surface area contributed by atoms with Gasteiger partial charge in [0.1, 0.15) is 11.4 Å². The highest BCUT2D eigenvalue weighted by atomic mass is 19.1. The first-order valence-electron chi connectivity index (χ1n) is 12.1. The second kappa shape index (κ2) is 11.5. The Labute approximate surface area is 214 Å². The number of nitrogens with two attached hydrogens (primary N) is 1. The van der Waals surface area contributed by atoms with Crippen LogP contribution in [-0.2, 0) is 14.3 Å². The Balaban J connectivity index is 1.59. The van der Waals surface area contributed by atoms with Crippen LogP contribution in [0.2, 0.25) is 0 Å². The fourth-order valence-electron chi connectivity index (χ4n) is 4.49. The van der Waals surface area contributed by atoms with E-state index in [0.717, 1.165) is 36.9 Å². The summed E-state index contributed by atoms with van der Waals surface area (Å²) in [5.74, 6) is -1.36. The molecule has 4 rings (SSSR count). The van der Waals surface area contributed by atoms with Gasteiger partial charge in [0, 0.05) is 42.8 Å². The number of hydrogen-bond acceptors (Lipinski definition) is 6. The number of carbonyl (C=O) groups is 1. The lowest BCUT2D eigenvalue weighted by Gasteiger charge is -2.29. The molecule has 9 nitrogen and oxygen atoms in total. The molecule has 2 aliphatic rings. The summed E-state index contributed by atoms with van der Waals surface area (Å²) in [7, 11) is 1.46. The van der Waals surface area contributed by atoms with Crippen LogP contribution in [0.1, 0.15) is 30.0 Å². The van der Waals surface area contributed by atoms with E-state index in [0.29, 0.717) is 18.9 Å². The molecule has 11 heteroatoms. The minimum absolute atomic E-state index is 0.0820. The summed E-state index contributed by atoms with van der Waals surface area (Å²) < 4.78 is 41.2. The van der Waals surface area contributed by atoms with Gasteiger partial charge in [-0.25, -0.2) is 13.8 Å². The standard InChI is InChI=1S/C26H32F2N6O3/c1-15-12-19-23(28)21(13-20(27)24(19)32-15)37-26(31-14-29)22(25(35)30-3)16(2)33-17-4-6-18(7-5-17)34-8-10-36-11-9-34/h4-7,12-14,16,21,23,32-33H,8-11H2,1-3H3,(H2,29,31)(H,30,35)/b26-22-. The molecule has 1 aromatic carbocycles. The van der Waals surface area contributed by atoms with Crippen LogP contribution >= 0.6 is 0 Å². The normalized spacial score (nSPS) is 21.1. The lowest BCUT2D eigenvalue weighted by molar-refractivity contribution is -0.117. The Bertz CT molecular complexity index is 1200. The third-order valence-corrected chi connectivity index (χ3v) is 6.32. The van der Waals surface area contributed by atoms with E-state index in [9.17, 15) is 9.18 Å². The predicted octanol–water partition coefficient (Wildman–Crippen LogP) is 3.32. The zero-order valence-electron chi connectivity index (χ0n) is 21.1. The number of carbonyl (C=O) groups excluding carboxylic acids is 1. The number of H-pyrrole nitrogens is 1. The maximum absolute atomic E-state index is 15.3. The molecule has 1 aromatic heterocycles. The van der Waals surface area contributed by atoms with E-state index < -0.39 is 30.1 Å². The molecule has 2 heterocycles. The Kier molecular flexibility index (Phi) is 8.12. The number of benzene rings is 1. The van der Waals surface area contributed by atoms with Gasteiger partial charge in [0.25, 0.3) is 5.91 Å². The van der Waals surface area contributed by atoms with Crippen molar-refractivity contribution >= 4 is 29.4 Å². The van der Waals surface area contributed by atoms with Crippen molar-refractivity contribution in [3.63, 3.8) is 0 Å². The van der Waals surface area contributed by atoms with Gasteiger partial charge in [0.2, 0.25) is 5.88 Å². The Morgan fingerprint density at radius 2 is 2.03 bits per heavy atom. The van der Waals surface area contributed by atoms with E-state index in [2.05, 4.69) is 25.5 Å². The first-order valence-corrected chi connectivity index (χ1v) is 12.1. The second-order valence-electron chi connectivity index (χ2n) is 8.87. The van der Waals surface area contributed by atoms with E-state index in [1.807, 2.05) is 24.3 Å². The van der Waals surface area contributed by atoms with Crippen molar-refractivity contribution in [3.05, 3.63) is 64.8 Å². The summed E-state index contributed by atoms with van der Waals surface area (Å²) in [6, 6.07) is 8.69. The first-order chi connectivity index (χ1) is 17.8. The molecule has 3 unspecified atom stereocenters. The highest BCUT2D eigenvalue weighted by Crippen LogP contribution is 2.39. The number of rotatable bonds is 8. The van der Waals surface area contributed by atoms with Crippen LogP contribution in [0.4, 0.5) is 20.2 Å². The van der Waals surface area contributed by atoms with Crippen LogP contribution in [0.5, 0.6) is 0 Å². The number of aromatic amines is 1. The van der Waals surface area contributed by atoms with Gasteiger partial charge in [-0.05, 0) is 50.3 Å². The molecular formula is C26H32F2N6O3. The number of aromatic nitrogens is 1. The number of anilines is 2. The van der Waals surface area contributed by atoms with Gasteiger partial charge in [-0.15, -0.1) is 0 Å². The van der Waals surface area contributed by atoms with E-state index in [1.165, 1.54) is 13.1 Å². The van der Waals surface area contributed by atoms with Crippen molar-refractivity contribution in [3.8, 4) is 0 Å². The third kappa shape index (κ3) is 5.77. The number of alkyl halides is 1. The second-order valence-corrected chi connectivity index (χ2v) is 8.87. The molecule has 37 heavy (non-hydrogen) atoms. The molecule has 1 fully saturated rings. The predicted molar refractivity (Wildman–Crippen MR) is 140 cm³/mol. The average Bonchev–Trinajstić information content (AvgIpc) is 3.30. The van der Waals surface area contributed by atoms with E-state index >= 15 is 4.39 Å². The molecular weight excluding hydrogens is 482 g/mol. The fourth-order valence-corrected chi connectivity index (χ4v) is 4.49. The van der Waals surface area contributed by atoms with E-state index in [-0.39, 0.29) is 22.7 Å². The quantitative estimate of drug-likeness (QED) is 0.186. The minimum Gasteiger partial charge on any atom is -0.466 e. The van der Waals surface area contributed by atoms with Crippen LogP contribution in [0, 0.1) is 6.92 Å². The Morgan fingerprint density at radius 3 is 2.68 bits per heavy atom. The topological polar surface area (TPSA) is 117 Å². The summed E-state index contributed by atoms with van der Waals surface area (Å²) in [5.41, 5.74) is 8.29. The van der Waals surface area contributed by atoms with Gasteiger partial charge in [0.15, 0.2) is 12.3 Å². The smallest absolute Gasteiger partial charge is 0.254 e. The number of aryl methyl sites for hydroxylation is 1. The molecule has 198 valence electrons. The number of aliphatic imine (C=N–C) groups is 1. The summed E-state index contributed by atoms with van der Waals surface area (Å²) in [6.45, 7) is 6.47. The van der Waals surface area contributed by atoms with Crippen LogP contribution in [-0.4, -0.2) is 62.7 Å². The zero-order valence-corrected chi connectivity index (χ0v) is 21.1. The van der Waals surface area contributed by atoms with E-state index in [4.69, 9.17) is 15.2 Å². The molecule has 1 amide bonds. The number of halogens is 2. The summed E-state index contributed by atoms with van der Waals surface area (Å²) in [5, 5.41) is 5.82. The first kappa shape index (κ1) is 26.2. The Morgan fingerprint density at radius 1 is 1.32 bits per heavy atom. The van der Waals surface area contributed by atoms with Gasteiger partial charge in [0.05, 0.1) is 31.3 Å². The highest BCUT2D eigenvalue weighted by Gasteiger charge is 2.35. The highest BCUT2D eigenvalue weighted by molar-refractivity contribution is 5.95. The van der Waals surface area contributed by atoms with Crippen LogP contribution < -0.4 is 21.3 Å². The van der Waals surface area contributed by atoms with Crippen LogP contribution in [0.25, 0.3) is 5.83 Å². The maximum atomic E-state index is 15.3. The van der Waals surface area contributed by atoms with Gasteiger partial charge < -0.3 is 35.7 Å². The molecule has 5 N–H and O–H groups in total. The number of nitrogens with one attached hydrogen (secondary N) is 3. The number of hydrogen-bond donors (Lipinski definition) is 4. The van der Waals surface area contributed by atoms with Crippen molar-refractivity contribution < 1.29 is 23.0 Å². The van der Waals surface area contributed by atoms with E-state index in [1.54, 1.807) is 13.8 Å². The van der Waals surface area contributed by atoms with Crippen LogP contribution in [0.15, 0.2) is 52.9 Å². The molecule has 0 bridgehead atoms. The maximum Gasteiger partial charge on any atom is 0.254 e. The molecule has 1 saturated heterocycles. The lowest BCUT2D eigenvalue weighted by atomic mass is 9.98. The monoisotopic (exact) mass is 514 g/mol. The molecule has 0 spiro atoms. The van der Waals surface area contributed by atoms with Gasteiger partial charge in [-0.2, -0.15) is 0 Å². The van der Waals surface area contributed by atoms with Gasteiger partial charge in [-0.3, -0.25) is 4.79 Å². The number of likely N-dealkylation sites (N-methyl/N-ethyl adjacent to an activating group) is 1. The van der Waals surface area contributed by atoms with Crippen molar-refractivity contribution in [1.29, 1.82) is 0 Å². The number of nitrogens with zero attached hydrogens (tertiary/aromatic N) is 2. The zero-order chi connectivity index (χ0) is 26.5. The minimum atomic E-state index is -1.68. The summed E-state index contributed by atoms with van der Waals surface area (Å²) >= 11 is 0. The third-order valence-electron chi connectivity index (χ3n) is 6.32. The molecule has 2 aromatic rings. The fraction of sp³-hybridized carbons (Fsp3) is 0.385. The largest absolute Gasteiger partial charge is 0.466 e. The number of ether oxygens (including phenoxy) is 2. The number of fused-ring (bicyclic) bond motifs is 1. The van der Waals surface area contributed by atoms with Crippen molar-refractivity contribution in [2.75, 3.05) is 43.6 Å². The molecule has 1 aliphatic carbocycles. The molecule has 1 aliphatic heterocycles. The molecule has 3 atom stereocenters. The lowest BCUT2D eigenvalue weighted by Crippen LogP contribution is -2.36. The van der Waals surface area contributed by atoms with Gasteiger partial charge in [-0.1, -0.05) is 0 Å². The molecule has 0 radical (unpaired) electrons. The number of amides is 1. The van der Waals surface area contributed by atoms with Gasteiger partial charge >= 0.3 is 0 Å². The Hall–Kier alpha value is -3.86. The van der Waals surface area contributed by atoms with Crippen molar-refractivity contribution in [1.82, 2.24) is 10.3 Å².